The first-order valence-corrected chi connectivity index (χ1v) is 5.93. The molecule has 0 heterocycles. The molecular weight excluding hydrogens is 180 g/mol. The Morgan fingerprint density at radius 3 is 1.07 bits per heavy atom. The summed E-state index contributed by atoms with van der Waals surface area (Å²) in [5.74, 6) is 0. The van der Waals surface area contributed by atoms with E-state index in [9.17, 15) is 0 Å². The quantitative estimate of drug-likeness (QED) is 0.491. The first-order chi connectivity index (χ1) is 6.62. The fourth-order valence-electron chi connectivity index (χ4n) is 0.986. The minimum atomic E-state index is 0. The van der Waals surface area contributed by atoms with E-state index in [2.05, 4.69) is 53.7 Å². The second-order valence-electron chi connectivity index (χ2n) is 3.62. The predicted molar refractivity (Wildman–Crippen MR) is 75.4 cm³/mol. The fraction of sp³-hybridized carbons (Fsp3) is 0.733. The van der Waals surface area contributed by atoms with Gasteiger partial charge in [-0.1, -0.05) is 58.4 Å². The lowest BCUT2D eigenvalue weighted by molar-refractivity contribution is 1.06. The molecule has 0 saturated heterocycles. The molecule has 0 bridgehead atoms. The van der Waals surface area contributed by atoms with Gasteiger partial charge in [0.05, 0.1) is 0 Å². The minimum absolute atomic E-state index is 0. The molecule has 0 spiro atoms. The Balaban J connectivity index is -0.000000180. The standard InChI is InChI=1S/2C7H14.CH4/c2*1-4-6-7(3)5-2;/h2*6H,4-5H2,1-3H3;1H4/b7-6+;7-6-;. The van der Waals surface area contributed by atoms with Crippen molar-refractivity contribution in [2.75, 3.05) is 0 Å². The van der Waals surface area contributed by atoms with Crippen LogP contribution >= 0.6 is 0 Å². The summed E-state index contributed by atoms with van der Waals surface area (Å²) in [4.78, 5) is 0. The topological polar surface area (TPSA) is 0 Å². The molecule has 0 rings (SSSR count). The first-order valence-electron chi connectivity index (χ1n) is 5.93. The third-order valence-electron chi connectivity index (χ3n) is 2.22. The summed E-state index contributed by atoms with van der Waals surface area (Å²) in [5, 5.41) is 0. The molecule has 0 fully saturated rings. The van der Waals surface area contributed by atoms with E-state index in [0.717, 1.165) is 0 Å². The molecule has 0 atom stereocenters. The molecule has 0 saturated carbocycles. The molecule has 0 radical (unpaired) electrons. The Morgan fingerprint density at radius 1 is 0.733 bits per heavy atom. The zero-order valence-corrected chi connectivity index (χ0v) is 11.0. The third kappa shape index (κ3) is 19.8. The average molecular weight is 212 g/mol. The van der Waals surface area contributed by atoms with E-state index in [-0.39, 0.29) is 7.43 Å². The van der Waals surface area contributed by atoms with Crippen molar-refractivity contribution >= 4 is 0 Å². The van der Waals surface area contributed by atoms with Crippen molar-refractivity contribution in [1.29, 1.82) is 0 Å². The number of hydrogen-bond acceptors (Lipinski definition) is 0. The molecule has 0 aliphatic carbocycles. The zero-order valence-electron chi connectivity index (χ0n) is 11.0. The van der Waals surface area contributed by atoms with E-state index in [1.165, 1.54) is 36.8 Å². The van der Waals surface area contributed by atoms with Gasteiger partial charge < -0.3 is 0 Å². The van der Waals surface area contributed by atoms with Crippen LogP contribution in [0.4, 0.5) is 0 Å². The Hall–Kier alpha value is -0.520. The highest BCUT2D eigenvalue weighted by Gasteiger charge is 1.77. The van der Waals surface area contributed by atoms with Gasteiger partial charge in [0.25, 0.3) is 0 Å². The molecule has 0 aromatic heterocycles. The first kappa shape index (κ1) is 20.0. The van der Waals surface area contributed by atoms with Crippen LogP contribution in [0.25, 0.3) is 0 Å². The van der Waals surface area contributed by atoms with Gasteiger partial charge in [-0.2, -0.15) is 0 Å². The average Bonchev–Trinajstić information content (AvgIpc) is 2.19. The van der Waals surface area contributed by atoms with Crippen LogP contribution in [-0.4, -0.2) is 0 Å². The second kappa shape index (κ2) is 15.9. The maximum Gasteiger partial charge on any atom is -0.0352 e. The van der Waals surface area contributed by atoms with Crippen LogP contribution in [0.5, 0.6) is 0 Å². The highest BCUT2D eigenvalue weighted by atomic mass is 13.8. The molecule has 0 aromatic rings. The van der Waals surface area contributed by atoms with Crippen molar-refractivity contribution < 1.29 is 0 Å². The molecule has 0 N–H and O–H groups in total. The summed E-state index contributed by atoms with van der Waals surface area (Å²) >= 11 is 0. The highest BCUT2D eigenvalue weighted by molar-refractivity contribution is 4.95. The van der Waals surface area contributed by atoms with Crippen LogP contribution in [-0.2, 0) is 0 Å². The van der Waals surface area contributed by atoms with Crippen molar-refractivity contribution in [3.63, 3.8) is 0 Å². The summed E-state index contributed by atoms with van der Waals surface area (Å²) in [6, 6.07) is 0. The Bertz CT molecular complexity index is 141. The van der Waals surface area contributed by atoms with Gasteiger partial charge >= 0.3 is 0 Å². The summed E-state index contributed by atoms with van der Waals surface area (Å²) in [5.41, 5.74) is 3.00. The molecule has 0 aliphatic heterocycles. The normalized spacial score (nSPS) is 11.3. The largest absolute Gasteiger partial charge is 0.0859 e. The van der Waals surface area contributed by atoms with Gasteiger partial charge in [0.1, 0.15) is 0 Å². The van der Waals surface area contributed by atoms with Crippen molar-refractivity contribution in [2.45, 2.75) is 74.7 Å². The lowest BCUT2D eigenvalue weighted by Gasteiger charge is -1.88. The van der Waals surface area contributed by atoms with E-state index in [1.807, 2.05) is 0 Å². The maximum atomic E-state index is 2.26. The maximum absolute atomic E-state index is 2.26. The van der Waals surface area contributed by atoms with Crippen molar-refractivity contribution in [3.05, 3.63) is 23.3 Å². The number of hydrogen-bond donors (Lipinski definition) is 0. The van der Waals surface area contributed by atoms with Crippen LogP contribution in [0, 0.1) is 0 Å². The lowest BCUT2D eigenvalue weighted by atomic mass is 10.2. The Labute approximate surface area is 98.5 Å². The molecule has 0 aliphatic rings. The van der Waals surface area contributed by atoms with E-state index >= 15 is 0 Å². The summed E-state index contributed by atoms with van der Waals surface area (Å²) in [7, 11) is 0. The third-order valence-corrected chi connectivity index (χ3v) is 2.22. The molecule has 0 amide bonds. The molecule has 0 aromatic carbocycles. The van der Waals surface area contributed by atoms with Crippen LogP contribution in [0.3, 0.4) is 0 Å². The molecule has 0 heteroatoms. The Morgan fingerprint density at radius 2 is 1.00 bits per heavy atom. The Kier molecular flexibility index (Phi) is 21.2. The molecular formula is C15H32. The SMILES string of the molecule is C.CC/C=C(/C)CC.CC/C=C(\C)CC. The van der Waals surface area contributed by atoms with Crippen molar-refractivity contribution in [1.82, 2.24) is 0 Å². The van der Waals surface area contributed by atoms with E-state index in [0.29, 0.717) is 0 Å². The predicted octanol–water partition coefficient (Wildman–Crippen LogP) is 6.14. The van der Waals surface area contributed by atoms with E-state index < -0.39 is 0 Å². The highest BCUT2D eigenvalue weighted by Crippen LogP contribution is 1.98. The number of allylic oxidation sites excluding steroid dienone is 4. The van der Waals surface area contributed by atoms with Gasteiger partial charge in [0, 0.05) is 0 Å². The van der Waals surface area contributed by atoms with Gasteiger partial charge in [0.2, 0.25) is 0 Å². The van der Waals surface area contributed by atoms with Crippen molar-refractivity contribution in [2.24, 2.45) is 0 Å². The molecule has 15 heavy (non-hydrogen) atoms. The van der Waals surface area contributed by atoms with Gasteiger partial charge in [-0.15, -0.1) is 0 Å². The molecule has 92 valence electrons. The van der Waals surface area contributed by atoms with Gasteiger partial charge in [-0.3, -0.25) is 0 Å². The lowest BCUT2D eigenvalue weighted by Crippen LogP contribution is -1.67. The van der Waals surface area contributed by atoms with Crippen LogP contribution in [0.1, 0.15) is 74.7 Å². The second-order valence-corrected chi connectivity index (χ2v) is 3.62. The smallest absolute Gasteiger partial charge is 0.0352 e. The van der Waals surface area contributed by atoms with Gasteiger partial charge in [-0.05, 0) is 39.5 Å². The molecule has 0 nitrogen and oxygen atoms in total. The van der Waals surface area contributed by atoms with Crippen LogP contribution < -0.4 is 0 Å². The minimum Gasteiger partial charge on any atom is -0.0859 e. The number of rotatable bonds is 4. The summed E-state index contributed by atoms with van der Waals surface area (Å²) in [6.45, 7) is 13.0. The van der Waals surface area contributed by atoms with Gasteiger partial charge in [-0.25, -0.2) is 0 Å². The zero-order chi connectivity index (χ0) is 11.4. The van der Waals surface area contributed by atoms with Crippen LogP contribution in [0.2, 0.25) is 0 Å². The fourth-order valence-corrected chi connectivity index (χ4v) is 0.986. The van der Waals surface area contributed by atoms with Crippen LogP contribution in [0.15, 0.2) is 23.3 Å². The van der Waals surface area contributed by atoms with Gasteiger partial charge in [0.15, 0.2) is 0 Å². The van der Waals surface area contributed by atoms with E-state index in [4.69, 9.17) is 0 Å². The summed E-state index contributed by atoms with van der Waals surface area (Å²) < 4.78 is 0. The van der Waals surface area contributed by atoms with E-state index in [1.54, 1.807) is 0 Å². The molecule has 0 unspecified atom stereocenters. The van der Waals surface area contributed by atoms with Crippen molar-refractivity contribution in [3.8, 4) is 0 Å². The monoisotopic (exact) mass is 212 g/mol. The summed E-state index contributed by atoms with van der Waals surface area (Å²) in [6.07, 6.45) is 9.29.